The first kappa shape index (κ1) is 22.5. The van der Waals surface area contributed by atoms with Gasteiger partial charge in [0.15, 0.2) is 0 Å². The molecule has 1 aliphatic heterocycles. The van der Waals surface area contributed by atoms with Gasteiger partial charge >= 0.3 is 0 Å². The topological polar surface area (TPSA) is 14.7 Å². The Morgan fingerprint density at radius 2 is 1.77 bits per heavy atom. The van der Waals surface area contributed by atoms with E-state index in [0.29, 0.717) is 0 Å². The first-order chi connectivity index (χ1) is 14.9. The molecule has 0 spiro atoms. The Balaban J connectivity index is 1.29. The van der Waals surface area contributed by atoms with E-state index in [0.717, 1.165) is 13.1 Å². The summed E-state index contributed by atoms with van der Waals surface area (Å²) < 4.78 is 2.33. The van der Waals surface area contributed by atoms with Gasteiger partial charge in [0, 0.05) is 48.2 Å². The van der Waals surface area contributed by atoms with E-state index in [1.807, 2.05) is 11.3 Å². The molecule has 1 aliphatic rings. The number of nitrogens with zero attached hydrogens (tertiary/aromatic N) is 4. The summed E-state index contributed by atoms with van der Waals surface area (Å²) >= 11 is 1.92. The van der Waals surface area contributed by atoms with Crippen LogP contribution in [0.4, 0.5) is 0 Å². The second kappa shape index (κ2) is 9.45. The average Bonchev–Trinajstić information content (AvgIpc) is 3.39. The van der Waals surface area contributed by atoms with Gasteiger partial charge in [-0.05, 0) is 83.5 Å². The van der Waals surface area contributed by atoms with Crippen molar-refractivity contribution >= 4 is 22.2 Å². The maximum atomic E-state index is 2.67. The fourth-order valence-electron chi connectivity index (χ4n) is 5.32. The van der Waals surface area contributed by atoms with E-state index in [4.69, 9.17) is 0 Å². The van der Waals surface area contributed by atoms with E-state index in [2.05, 4.69) is 96.2 Å². The molecule has 3 aromatic rings. The van der Waals surface area contributed by atoms with Crippen molar-refractivity contribution in [1.29, 1.82) is 0 Å². The molecule has 168 valence electrons. The molecule has 4 rings (SSSR count). The maximum absolute atomic E-state index is 2.67. The summed E-state index contributed by atoms with van der Waals surface area (Å²) in [5.41, 5.74) is 4.43. The Bertz CT molecular complexity index is 980. The lowest BCUT2D eigenvalue weighted by Gasteiger charge is -2.46. The van der Waals surface area contributed by atoms with Crippen LogP contribution in [0.15, 0.2) is 41.8 Å². The molecule has 1 saturated heterocycles. The number of hydrogen-bond acceptors (Lipinski definition) is 4. The van der Waals surface area contributed by atoms with Gasteiger partial charge in [-0.3, -0.25) is 4.90 Å². The normalized spacial score (nSPS) is 17.3. The zero-order chi connectivity index (χ0) is 22.0. The predicted octanol–water partition coefficient (Wildman–Crippen LogP) is 4.92. The number of benzene rings is 1. The SMILES string of the molecule is Cc1c(CN(C)CCCN2CCC(c3cccs3)(N(C)C)CC2)c2ccccc2n1C. The van der Waals surface area contributed by atoms with Crippen LogP contribution in [-0.2, 0) is 19.1 Å². The number of piperidine rings is 1. The van der Waals surface area contributed by atoms with Gasteiger partial charge in [-0.1, -0.05) is 24.3 Å². The highest BCUT2D eigenvalue weighted by Gasteiger charge is 2.38. The molecular formula is C26H38N4S. The molecule has 0 atom stereocenters. The summed E-state index contributed by atoms with van der Waals surface area (Å²) in [6, 6.07) is 13.3. The lowest BCUT2D eigenvalue weighted by atomic mass is 9.84. The van der Waals surface area contributed by atoms with Crippen molar-refractivity contribution in [3.63, 3.8) is 0 Å². The Morgan fingerprint density at radius 3 is 2.45 bits per heavy atom. The fraction of sp³-hybridized carbons (Fsp3) is 0.538. The molecule has 1 aromatic carbocycles. The Labute approximate surface area is 192 Å². The quantitative estimate of drug-likeness (QED) is 0.496. The van der Waals surface area contributed by atoms with Crippen molar-refractivity contribution in [2.45, 2.75) is 38.3 Å². The summed E-state index contributed by atoms with van der Waals surface area (Å²) in [6.45, 7) is 8.01. The number of aryl methyl sites for hydroxylation is 1. The molecule has 31 heavy (non-hydrogen) atoms. The molecule has 0 aliphatic carbocycles. The van der Waals surface area contributed by atoms with Crippen LogP contribution in [0.25, 0.3) is 10.9 Å². The van der Waals surface area contributed by atoms with Crippen LogP contribution in [0.3, 0.4) is 0 Å². The Hall–Kier alpha value is -1.66. The van der Waals surface area contributed by atoms with Crippen LogP contribution in [0.2, 0.25) is 0 Å². The van der Waals surface area contributed by atoms with Crippen molar-refractivity contribution in [2.75, 3.05) is 47.3 Å². The lowest BCUT2D eigenvalue weighted by molar-refractivity contribution is 0.0552. The average molecular weight is 439 g/mol. The highest BCUT2D eigenvalue weighted by atomic mass is 32.1. The third-order valence-electron chi connectivity index (χ3n) is 7.49. The number of likely N-dealkylation sites (tertiary alicyclic amines) is 1. The van der Waals surface area contributed by atoms with Gasteiger partial charge in [0.25, 0.3) is 0 Å². The smallest absolute Gasteiger partial charge is 0.0573 e. The van der Waals surface area contributed by atoms with E-state index in [-0.39, 0.29) is 5.54 Å². The monoisotopic (exact) mass is 438 g/mol. The lowest BCUT2D eigenvalue weighted by Crippen LogP contribution is -2.50. The van der Waals surface area contributed by atoms with Crippen LogP contribution < -0.4 is 0 Å². The minimum absolute atomic E-state index is 0.230. The summed E-state index contributed by atoms with van der Waals surface area (Å²) in [6.07, 6.45) is 3.69. The van der Waals surface area contributed by atoms with Crippen molar-refractivity contribution in [3.05, 3.63) is 57.9 Å². The van der Waals surface area contributed by atoms with Crippen LogP contribution >= 0.6 is 11.3 Å². The number of rotatable bonds is 8. The second-order valence-electron chi connectivity index (χ2n) is 9.48. The number of fused-ring (bicyclic) bond motifs is 1. The second-order valence-corrected chi connectivity index (χ2v) is 10.4. The van der Waals surface area contributed by atoms with Crippen molar-refractivity contribution < 1.29 is 0 Å². The largest absolute Gasteiger partial charge is 0.348 e. The molecule has 0 saturated carbocycles. The minimum Gasteiger partial charge on any atom is -0.348 e. The first-order valence-electron chi connectivity index (χ1n) is 11.6. The molecular weight excluding hydrogens is 400 g/mol. The first-order valence-corrected chi connectivity index (χ1v) is 12.5. The van der Waals surface area contributed by atoms with E-state index in [9.17, 15) is 0 Å². The zero-order valence-electron chi connectivity index (χ0n) is 19.9. The molecule has 0 N–H and O–H groups in total. The number of thiophene rings is 1. The molecule has 0 amide bonds. The van der Waals surface area contributed by atoms with E-state index >= 15 is 0 Å². The molecule has 1 fully saturated rings. The van der Waals surface area contributed by atoms with E-state index in [1.54, 1.807) is 0 Å². The van der Waals surface area contributed by atoms with Crippen molar-refractivity contribution in [1.82, 2.24) is 19.3 Å². The van der Waals surface area contributed by atoms with Gasteiger partial charge in [0.2, 0.25) is 0 Å². The number of aromatic nitrogens is 1. The van der Waals surface area contributed by atoms with Crippen LogP contribution in [0, 0.1) is 6.92 Å². The van der Waals surface area contributed by atoms with Crippen molar-refractivity contribution in [3.8, 4) is 0 Å². The summed E-state index contributed by atoms with van der Waals surface area (Å²) in [5.74, 6) is 0. The molecule has 4 nitrogen and oxygen atoms in total. The van der Waals surface area contributed by atoms with Gasteiger partial charge in [0.1, 0.15) is 0 Å². The summed E-state index contributed by atoms with van der Waals surface area (Å²) in [7, 11) is 8.95. The molecule has 0 bridgehead atoms. The standard InChI is InChI=1S/C26H38N4S/c1-21-23(22-10-6-7-11-24(22)29(21)5)20-28(4)15-9-16-30-17-13-26(14-18-30,27(2)3)25-12-8-19-31-25/h6-8,10-12,19H,9,13-18,20H2,1-5H3. The maximum Gasteiger partial charge on any atom is 0.0573 e. The van der Waals surface area contributed by atoms with Gasteiger partial charge in [-0.2, -0.15) is 0 Å². The number of hydrogen-bond donors (Lipinski definition) is 0. The van der Waals surface area contributed by atoms with Crippen molar-refractivity contribution in [2.24, 2.45) is 7.05 Å². The molecule has 0 radical (unpaired) electrons. The Morgan fingerprint density at radius 1 is 1.03 bits per heavy atom. The third kappa shape index (κ3) is 4.47. The molecule has 5 heteroatoms. The highest BCUT2D eigenvalue weighted by Crippen LogP contribution is 2.39. The van der Waals surface area contributed by atoms with Crippen LogP contribution in [-0.4, -0.2) is 66.6 Å². The predicted molar refractivity (Wildman–Crippen MR) is 134 cm³/mol. The third-order valence-corrected chi connectivity index (χ3v) is 8.55. The van der Waals surface area contributed by atoms with E-state index in [1.165, 1.54) is 65.9 Å². The van der Waals surface area contributed by atoms with Crippen LogP contribution in [0.1, 0.15) is 35.4 Å². The molecule has 0 unspecified atom stereocenters. The fourth-order valence-corrected chi connectivity index (χ4v) is 6.38. The highest BCUT2D eigenvalue weighted by molar-refractivity contribution is 7.10. The zero-order valence-corrected chi connectivity index (χ0v) is 20.7. The van der Waals surface area contributed by atoms with E-state index < -0.39 is 0 Å². The summed E-state index contributed by atoms with van der Waals surface area (Å²) in [4.78, 5) is 9.15. The molecule has 3 heterocycles. The summed E-state index contributed by atoms with van der Waals surface area (Å²) in [5, 5.41) is 3.62. The minimum atomic E-state index is 0.230. The number of para-hydroxylation sites is 1. The van der Waals surface area contributed by atoms with Gasteiger partial charge in [-0.15, -0.1) is 11.3 Å². The molecule has 2 aromatic heterocycles. The van der Waals surface area contributed by atoms with Crippen LogP contribution in [0.5, 0.6) is 0 Å². The Kier molecular flexibility index (Phi) is 6.87. The van der Waals surface area contributed by atoms with Gasteiger partial charge in [0.05, 0.1) is 5.54 Å². The van der Waals surface area contributed by atoms with Gasteiger partial charge < -0.3 is 14.4 Å². The van der Waals surface area contributed by atoms with Gasteiger partial charge in [-0.25, -0.2) is 0 Å².